The van der Waals surface area contributed by atoms with Crippen LogP contribution in [-0.2, 0) is 9.84 Å². The highest BCUT2D eigenvalue weighted by atomic mass is 32.2. The number of hydrogen-bond acceptors (Lipinski definition) is 6. The lowest BCUT2D eigenvalue weighted by Gasteiger charge is -2.05. The Hall–Kier alpha value is -2.56. The third-order valence-corrected chi connectivity index (χ3v) is 7.18. The Morgan fingerprint density at radius 3 is 2.56 bits per heavy atom. The second kappa shape index (κ2) is 5.48. The van der Waals surface area contributed by atoms with Crippen molar-refractivity contribution in [2.45, 2.75) is 16.1 Å². The van der Waals surface area contributed by atoms with Gasteiger partial charge in [-0.05, 0) is 29.8 Å². The highest BCUT2D eigenvalue weighted by Crippen LogP contribution is 2.64. The maximum Gasteiger partial charge on any atom is 0.231 e. The average Bonchev–Trinajstić information content (AvgIpc) is 3.12. The van der Waals surface area contributed by atoms with Crippen molar-refractivity contribution in [2.24, 2.45) is 5.41 Å². The summed E-state index contributed by atoms with van der Waals surface area (Å²) < 4.78 is 36.7. The van der Waals surface area contributed by atoms with Crippen molar-refractivity contribution in [1.82, 2.24) is 0 Å². The Balaban J connectivity index is 1.79. The standard InChI is InChI=1S/C18H15NO5S/c19-9-18(10-20)16(12-6-7-14-15(8-12)24-11-23-14)17(18)25(21,22)13-4-2-1-3-5-13/h1-8,16-17,20H,10-11H2/t16-,17-,18+/m0/s1. The maximum absolute atomic E-state index is 13.0. The molecule has 2 aromatic rings. The smallest absolute Gasteiger partial charge is 0.231 e. The first kappa shape index (κ1) is 15.9. The van der Waals surface area contributed by atoms with Gasteiger partial charge in [0.25, 0.3) is 0 Å². The van der Waals surface area contributed by atoms with E-state index in [1.807, 2.05) is 6.07 Å². The molecule has 6 nitrogen and oxygen atoms in total. The van der Waals surface area contributed by atoms with Crippen LogP contribution < -0.4 is 9.47 Å². The van der Waals surface area contributed by atoms with Crippen LogP contribution in [0, 0.1) is 16.7 Å². The molecule has 1 N–H and O–H groups in total. The van der Waals surface area contributed by atoms with Crippen LogP contribution in [0.3, 0.4) is 0 Å². The summed E-state index contributed by atoms with van der Waals surface area (Å²) in [4.78, 5) is 0.149. The van der Waals surface area contributed by atoms with E-state index in [4.69, 9.17) is 9.47 Å². The first-order valence-electron chi connectivity index (χ1n) is 7.75. The Kier molecular flexibility index (Phi) is 3.49. The van der Waals surface area contributed by atoms with Crippen LogP contribution in [0.4, 0.5) is 0 Å². The lowest BCUT2D eigenvalue weighted by Crippen LogP contribution is -2.18. The van der Waals surface area contributed by atoms with Crippen LogP contribution in [0.1, 0.15) is 11.5 Å². The molecule has 3 atom stereocenters. The first-order valence-corrected chi connectivity index (χ1v) is 9.30. The first-order chi connectivity index (χ1) is 12.0. The summed E-state index contributed by atoms with van der Waals surface area (Å²) in [5.74, 6) is 0.477. The second-order valence-corrected chi connectivity index (χ2v) is 8.25. The fourth-order valence-corrected chi connectivity index (χ4v) is 5.89. The van der Waals surface area contributed by atoms with Crippen LogP contribution >= 0.6 is 0 Å². The lowest BCUT2D eigenvalue weighted by atomic mass is 10.0. The van der Waals surface area contributed by atoms with Gasteiger partial charge in [-0.3, -0.25) is 0 Å². The highest BCUT2D eigenvalue weighted by Gasteiger charge is 2.72. The zero-order valence-corrected chi connectivity index (χ0v) is 13.9. The Bertz CT molecular complexity index is 967. The van der Waals surface area contributed by atoms with Gasteiger partial charge >= 0.3 is 0 Å². The molecule has 0 saturated heterocycles. The normalized spacial score (nSPS) is 26.9. The number of fused-ring (bicyclic) bond motifs is 1. The van der Waals surface area contributed by atoms with E-state index in [0.29, 0.717) is 17.1 Å². The monoisotopic (exact) mass is 357 g/mol. The third-order valence-electron chi connectivity index (χ3n) is 4.89. The largest absolute Gasteiger partial charge is 0.454 e. The van der Waals surface area contributed by atoms with Gasteiger partial charge in [-0.1, -0.05) is 24.3 Å². The molecule has 7 heteroatoms. The fourth-order valence-electron chi connectivity index (χ4n) is 3.55. The number of rotatable bonds is 4. The summed E-state index contributed by atoms with van der Waals surface area (Å²) in [7, 11) is -3.76. The summed E-state index contributed by atoms with van der Waals surface area (Å²) in [5.41, 5.74) is -0.716. The van der Waals surface area contributed by atoms with Crippen LogP contribution in [0.25, 0.3) is 0 Å². The van der Waals surface area contributed by atoms with Crippen LogP contribution in [0.5, 0.6) is 11.5 Å². The SMILES string of the molecule is N#C[C@@]1(CO)[C@@H](c2ccc3c(c2)OCO3)[C@@H]1S(=O)(=O)c1ccccc1. The van der Waals surface area contributed by atoms with E-state index in [2.05, 4.69) is 0 Å². The molecule has 1 aliphatic carbocycles. The number of benzene rings is 2. The fraction of sp³-hybridized carbons (Fsp3) is 0.278. The molecular formula is C18H15NO5S. The van der Waals surface area contributed by atoms with E-state index in [9.17, 15) is 18.8 Å². The topological polar surface area (TPSA) is 96.6 Å². The number of hydrogen-bond donors (Lipinski definition) is 1. The predicted octanol–water partition coefficient (Wildman–Crippen LogP) is 1.86. The van der Waals surface area contributed by atoms with E-state index < -0.39 is 33.0 Å². The number of nitriles is 1. The van der Waals surface area contributed by atoms with Crippen molar-refractivity contribution in [1.29, 1.82) is 5.26 Å². The number of ether oxygens (including phenoxy) is 2. The maximum atomic E-state index is 13.0. The molecule has 0 amide bonds. The van der Waals surface area contributed by atoms with E-state index in [1.165, 1.54) is 12.1 Å². The van der Waals surface area contributed by atoms with E-state index >= 15 is 0 Å². The van der Waals surface area contributed by atoms with Crippen molar-refractivity contribution in [3.63, 3.8) is 0 Å². The zero-order valence-electron chi connectivity index (χ0n) is 13.1. The van der Waals surface area contributed by atoms with Crippen molar-refractivity contribution < 1.29 is 23.0 Å². The van der Waals surface area contributed by atoms with Gasteiger partial charge in [0.1, 0.15) is 5.41 Å². The molecule has 0 radical (unpaired) electrons. The number of aliphatic hydroxyl groups excluding tert-OH is 1. The van der Waals surface area contributed by atoms with E-state index in [0.717, 1.165) is 0 Å². The molecule has 2 aliphatic rings. The Morgan fingerprint density at radius 2 is 1.88 bits per heavy atom. The molecule has 25 heavy (non-hydrogen) atoms. The van der Waals surface area contributed by atoms with Gasteiger partial charge in [0.2, 0.25) is 6.79 Å². The van der Waals surface area contributed by atoms with Crippen molar-refractivity contribution >= 4 is 9.84 Å². The van der Waals surface area contributed by atoms with Gasteiger partial charge in [-0.2, -0.15) is 5.26 Å². The summed E-state index contributed by atoms with van der Waals surface area (Å²) >= 11 is 0. The molecule has 0 aromatic heterocycles. The molecule has 2 aromatic carbocycles. The number of sulfone groups is 1. The summed E-state index contributed by atoms with van der Waals surface area (Å²) in [6, 6.07) is 15.2. The van der Waals surface area contributed by atoms with E-state index in [-0.39, 0.29) is 11.7 Å². The second-order valence-electron chi connectivity index (χ2n) is 6.18. The molecule has 1 aliphatic heterocycles. The minimum absolute atomic E-state index is 0.110. The zero-order chi connectivity index (χ0) is 17.7. The predicted molar refractivity (Wildman–Crippen MR) is 87.9 cm³/mol. The Morgan fingerprint density at radius 1 is 1.16 bits per heavy atom. The molecule has 1 heterocycles. The molecule has 0 bridgehead atoms. The van der Waals surface area contributed by atoms with Crippen molar-refractivity contribution in [2.75, 3.05) is 13.4 Å². The molecular weight excluding hydrogens is 342 g/mol. The molecule has 4 rings (SSSR count). The van der Waals surface area contributed by atoms with Crippen LogP contribution in [0.2, 0.25) is 0 Å². The third kappa shape index (κ3) is 2.22. The molecule has 0 unspecified atom stereocenters. The Labute approximate surface area is 145 Å². The molecule has 128 valence electrons. The van der Waals surface area contributed by atoms with Gasteiger partial charge in [-0.15, -0.1) is 0 Å². The van der Waals surface area contributed by atoms with Gasteiger partial charge < -0.3 is 14.6 Å². The van der Waals surface area contributed by atoms with Crippen LogP contribution in [0.15, 0.2) is 53.4 Å². The highest BCUT2D eigenvalue weighted by molar-refractivity contribution is 7.92. The van der Waals surface area contributed by atoms with Gasteiger partial charge in [0.05, 0.1) is 22.8 Å². The van der Waals surface area contributed by atoms with Gasteiger partial charge in [-0.25, -0.2) is 8.42 Å². The van der Waals surface area contributed by atoms with Crippen molar-refractivity contribution in [3.05, 3.63) is 54.1 Å². The quantitative estimate of drug-likeness (QED) is 0.897. The number of aliphatic hydroxyl groups is 1. The van der Waals surface area contributed by atoms with Crippen LogP contribution in [-0.4, -0.2) is 32.2 Å². The summed E-state index contributed by atoms with van der Waals surface area (Å²) in [6.45, 7) is -0.419. The van der Waals surface area contributed by atoms with E-state index in [1.54, 1.807) is 36.4 Å². The van der Waals surface area contributed by atoms with Gasteiger partial charge in [0.15, 0.2) is 21.3 Å². The summed E-state index contributed by atoms with van der Waals surface area (Å²) in [6.07, 6.45) is 0. The molecule has 0 spiro atoms. The molecule has 1 saturated carbocycles. The van der Waals surface area contributed by atoms with Crippen molar-refractivity contribution in [3.8, 4) is 17.6 Å². The summed E-state index contributed by atoms with van der Waals surface area (Å²) in [5, 5.41) is 18.4. The lowest BCUT2D eigenvalue weighted by molar-refractivity contribution is 0.174. The molecule has 1 fully saturated rings. The average molecular weight is 357 g/mol. The van der Waals surface area contributed by atoms with Gasteiger partial charge in [0, 0.05) is 5.92 Å². The minimum atomic E-state index is -3.76. The number of nitrogens with zero attached hydrogens (tertiary/aromatic N) is 1. The minimum Gasteiger partial charge on any atom is -0.454 e.